The molecule has 0 radical (unpaired) electrons. The van der Waals surface area contributed by atoms with Crippen LogP contribution in [0, 0.1) is 0 Å². The van der Waals surface area contributed by atoms with E-state index in [1.807, 2.05) is 0 Å². The summed E-state index contributed by atoms with van der Waals surface area (Å²) in [4.78, 5) is 277. The number of carboxylic acid groups (broad SMARTS) is 3. The van der Waals surface area contributed by atoms with E-state index < -0.39 is 300 Å². The fraction of sp³-hybridized carbons (Fsp3) is 0.630. The molecule has 666 valence electrons. The van der Waals surface area contributed by atoms with Gasteiger partial charge in [-0.3, -0.25) is 101 Å². The molecule has 0 aliphatic carbocycles. The number of aliphatic hydroxyl groups is 4. The van der Waals surface area contributed by atoms with Crippen molar-refractivity contribution in [2.75, 3.05) is 85.1 Å². The quantitative estimate of drug-likeness (QED) is 0.0164. The maximum absolute atomic E-state index is 14.7. The molecule has 1 aromatic carbocycles. The zero-order valence-corrected chi connectivity index (χ0v) is 66.6. The first-order valence-corrected chi connectivity index (χ1v) is 39.4. The summed E-state index contributed by atoms with van der Waals surface area (Å²) in [5, 5.41) is 97.1. The smallest absolute Gasteiger partial charge is 0.325 e. The van der Waals surface area contributed by atoms with Gasteiger partial charge in [-0.1, -0.05) is 30.3 Å². The second-order valence-corrected chi connectivity index (χ2v) is 30.1. The highest BCUT2D eigenvalue weighted by molar-refractivity contribution is 6.01. The fourth-order valence-electron chi connectivity index (χ4n) is 15.0. The normalized spacial score (nSPS) is 22.5. The van der Waals surface area contributed by atoms with Crippen LogP contribution in [-0.2, 0) is 102 Å². The van der Waals surface area contributed by atoms with Crippen molar-refractivity contribution in [2.24, 2.45) is 22.2 Å². The van der Waals surface area contributed by atoms with Crippen LogP contribution in [0.5, 0.6) is 0 Å². The molecule has 0 bridgehead atoms. The molecule has 6 aliphatic rings. The van der Waals surface area contributed by atoms with E-state index in [0.717, 1.165) is 24.5 Å². The van der Waals surface area contributed by atoms with E-state index >= 15 is 0 Å². The average molecular weight is 1710 g/mol. The number of carboxylic acids is 3. The molecule has 16 atom stereocenters. The molecule has 48 heteroatoms. The Morgan fingerprint density at radius 1 is 0.430 bits per heavy atom. The molecule has 17 amide bonds. The molecule has 6 fully saturated rings. The lowest BCUT2D eigenvalue weighted by Gasteiger charge is -2.30. The van der Waals surface area contributed by atoms with Crippen molar-refractivity contribution in [1.82, 2.24) is 87.9 Å². The third-order valence-corrected chi connectivity index (χ3v) is 21.0. The van der Waals surface area contributed by atoms with E-state index in [9.17, 15) is 132 Å². The number of nitrogens with two attached hydrogens (primary N) is 3. The van der Waals surface area contributed by atoms with Gasteiger partial charge < -0.3 is 141 Å². The first-order valence-electron chi connectivity index (χ1n) is 39.4. The van der Waals surface area contributed by atoms with Gasteiger partial charge in [0.05, 0.1) is 63.7 Å². The number of benzene rings is 1. The largest absolute Gasteiger partial charge is 0.481 e. The predicted molar refractivity (Wildman–Crippen MR) is 412 cm³/mol. The summed E-state index contributed by atoms with van der Waals surface area (Å²) >= 11 is 0. The van der Waals surface area contributed by atoms with E-state index in [1.54, 1.807) is 30.3 Å². The van der Waals surface area contributed by atoms with Crippen LogP contribution in [-0.4, -0.2) is 371 Å². The highest BCUT2D eigenvalue weighted by Gasteiger charge is 2.48. The molecule has 6 heterocycles. The first-order chi connectivity index (χ1) is 57.2. The molecule has 0 aromatic heterocycles. The molecule has 1 aromatic rings. The number of nitrogens with zero attached hydrogens (tertiary/aromatic N) is 7. The zero-order chi connectivity index (χ0) is 89.2. The number of aliphatic imine (C=N–C) groups is 1. The summed E-state index contributed by atoms with van der Waals surface area (Å²) in [7, 11) is 0. The Bertz CT molecular complexity index is 4060. The van der Waals surface area contributed by atoms with Gasteiger partial charge in [-0.05, 0) is 70.8 Å². The van der Waals surface area contributed by atoms with Crippen molar-refractivity contribution in [3.8, 4) is 0 Å². The Morgan fingerprint density at radius 2 is 0.843 bits per heavy atom. The minimum Gasteiger partial charge on any atom is -0.481 e. The first kappa shape index (κ1) is 95.8. The van der Waals surface area contributed by atoms with Crippen LogP contribution in [0.4, 0.5) is 0 Å². The number of nitrogens with one attached hydrogen (secondary N) is 11. The number of hydrogen-bond acceptors (Lipinski definition) is 26. The van der Waals surface area contributed by atoms with E-state index in [-0.39, 0.29) is 83.6 Å². The molecule has 121 heavy (non-hydrogen) atoms. The molecule has 0 saturated carbocycles. The zero-order valence-electron chi connectivity index (χ0n) is 66.6. The van der Waals surface area contributed by atoms with Crippen molar-refractivity contribution in [3.63, 3.8) is 0 Å². The van der Waals surface area contributed by atoms with Crippen LogP contribution in [0.3, 0.4) is 0 Å². The maximum Gasteiger partial charge on any atom is 0.325 e. The van der Waals surface area contributed by atoms with Crippen LogP contribution in [0.15, 0.2) is 35.3 Å². The number of likely N-dealkylation sites (tertiary alicyclic amines) is 6. The number of β-amino-alcohol motifs (C(OH)–C–C–N with tert-alkyl or cyclic N) is 4. The number of aliphatic carboxylic acids is 3. The van der Waals surface area contributed by atoms with E-state index in [1.165, 1.54) is 18.7 Å². The second-order valence-electron chi connectivity index (χ2n) is 30.1. The maximum atomic E-state index is 14.7. The Labute approximate surface area is 691 Å². The second kappa shape index (κ2) is 45.2. The predicted octanol–water partition coefficient (Wildman–Crippen LogP) is -12.6. The number of aliphatic hydroxyl groups excluding tert-OH is 4. The van der Waals surface area contributed by atoms with Crippen LogP contribution in [0.1, 0.15) is 109 Å². The monoisotopic (exact) mass is 1710 g/mol. The fourth-order valence-corrected chi connectivity index (χ4v) is 15.0. The Hall–Kier alpha value is -12.3. The summed E-state index contributed by atoms with van der Waals surface area (Å²) in [5.41, 5.74) is 17.0. The Kier molecular flexibility index (Phi) is 35.8. The van der Waals surface area contributed by atoms with E-state index in [2.05, 4.69) is 63.5 Å². The van der Waals surface area contributed by atoms with Gasteiger partial charge in [-0.15, -0.1) is 0 Å². The SMILES string of the molecule is C[C@H](NC(=O)[C@@H]1CCCN1C(=O)CNC(=O)[C@@H]1C[C@@H](O)CN1C(=O)[C@H](CCC(=O)O)NC(=O)CNC(=O)[C@@H]1C[C@@H](O)CN1C(=O)[C@H](Cc1ccccc1)NC(=O)CNC(=O)[C@H](CCCN=C(N)N)NC(=O)[C@H](CCC(=O)O)NC(=O)CNC(=O)[C@@H]1C[C@@H](O)CN1C(=O)[C@H](C)NC(=O)CNC(=O)[C@@H]1C[C@@H](O)CN1C(=O)[C@@H]1CCCN1C(=O)CN)C(=O)O. The van der Waals surface area contributed by atoms with Crippen molar-refractivity contribution in [3.05, 3.63) is 35.9 Å². The van der Waals surface area contributed by atoms with Crippen molar-refractivity contribution in [2.45, 2.75) is 207 Å². The lowest BCUT2D eigenvalue weighted by Crippen LogP contribution is -2.57. The molecule has 6 aliphatic heterocycles. The standard InChI is InChI=1S/C73H107N21O27/c1-36(83-53(99)27-79-65(113)52-25-42(98)35-94(52)71(119)48-13-8-20-90(48)57(103)26-74)68(116)91-32-39(95)22-49(91)63(111)80-29-54(100)85-44(14-16-59(105)106)62(110)88-43(11-6-18-77-73(75)76)61(109)78-28-56(102)87-46(21-38-9-4-3-5-10-38)70(118)93-34-41(97)23-50(93)64(112)81-30-55(101)86-45(15-17-60(107)108)69(117)92-33-40(96)24-51(92)66(114)82-31-58(104)89-19-7-12-47(89)67(115)84-37(2)72(120)121/h3-5,9-10,36-37,39-52,95-98H,6-8,11-35,74H2,1-2H3,(H,78,109)(H,79,113)(H,80,111)(H,81,112)(H,82,114)(H,83,99)(H,84,115)(H,85,100)(H,86,101)(H,87,102)(H,88,110)(H,105,106)(H,107,108)(H,120,121)(H4,75,76,77)/t36-,37-,39+,40+,41+,42+,43-,44-,45-,46-,47-,48-,49-,50-,51-,52-/m0/s1. The lowest BCUT2D eigenvalue weighted by molar-refractivity contribution is -0.146. The number of rotatable bonds is 41. The molecular formula is C73H107N21O27. The van der Waals surface area contributed by atoms with Gasteiger partial charge in [-0.2, -0.15) is 0 Å². The third kappa shape index (κ3) is 27.9. The van der Waals surface area contributed by atoms with Gasteiger partial charge in [0.25, 0.3) is 0 Å². The number of carbonyl (C=O) groups excluding carboxylic acids is 17. The Morgan fingerprint density at radius 3 is 1.33 bits per heavy atom. The number of hydrogen-bond donors (Lipinski definition) is 21. The van der Waals surface area contributed by atoms with Gasteiger partial charge in [0.1, 0.15) is 72.5 Å². The molecule has 6 saturated heterocycles. The minimum absolute atomic E-state index is 0.0355. The van der Waals surface area contributed by atoms with Crippen LogP contribution in [0.2, 0.25) is 0 Å². The number of carbonyl (C=O) groups is 20. The number of amides is 17. The van der Waals surface area contributed by atoms with Gasteiger partial charge >= 0.3 is 17.9 Å². The average Bonchev–Trinajstić information content (AvgIpc) is 1.68. The number of guanidine groups is 1. The van der Waals surface area contributed by atoms with Gasteiger partial charge in [-0.25, -0.2) is 0 Å². The van der Waals surface area contributed by atoms with Crippen LogP contribution >= 0.6 is 0 Å². The lowest BCUT2D eigenvalue weighted by atomic mass is 10.0. The van der Waals surface area contributed by atoms with E-state index in [0.29, 0.717) is 24.8 Å². The third-order valence-electron chi connectivity index (χ3n) is 21.0. The molecule has 24 N–H and O–H groups in total. The summed E-state index contributed by atoms with van der Waals surface area (Å²) < 4.78 is 0. The molecule has 48 nitrogen and oxygen atoms in total. The summed E-state index contributed by atoms with van der Waals surface area (Å²) in [6.07, 6.45) is -8.26. The molecular weight excluding hydrogens is 1600 g/mol. The Balaban J connectivity index is 0.931. The van der Waals surface area contributed by atoms with E-state index in [4.69, 9.17) is 17.2 Å². The molecule has 0 unspecified atom stereocenters. The van der Waals surface area contributed by atoms with Crippen LogP contribution in [0.25, 0.3) is 0 Å². The van der Waals surface area contributed by atoms with Crippen molar-refractivity contribution < 1.29 is 132 Å². The van der Waals surface area contributed by atoms with Crippen LogP contribution < -0.4 is 75.7 Å². The molecule has 0 spiro atoms. The highest BCUT2D eigenvalue weighted by atomic mass is 16.4. The molecule has 7 rings (SSSR count). The van der Waals surface area contributed by atoms with Gasteiger partial charge in [0, 0.05) is 90.8 Å². The summed E-state index contributed by atoms with van der Waals surface area (Å²) in [6.45, 7) is -3.45. The highest BCUT2D eigenvalue weighted by Crippen LogP contribution is 2.28. The van der Waals surface area contributed by atoms with Crippen molar-refractivity contribution in [1.29, 1.82) is 0 Å². The summed E-state index contributed by atoms with van der Waals surface area (Å²) in [5.74, 6) is -20.1. The minimum atomic E-state index is -1.75. The topological polar surface area (TPSA) is 725 Å². The van der Waals surface area contributed by atoms with Crippen molar-refractivity contribution >= 4 is 124 Å². The van der Waals surface area contributed by atoms with Gasteiger partial charge in [0.2, 0.25) is 100 Å². The van der Waals surface area contributed by atoms with Gasteiger partial charge in [0.15, 0.2) is 5.96 Å². The summed E-state index contributed by atoms with van der Waals surface area (Å²) in [6, 6.07) is -8.89.